The number of aliphatic imine (C=N–C) groups is 1. The molecule has 0 saturated carbocycles. The van der Waals surface area contributed by atoms with E-state index in [4.69, 9.17) is 5.84 Å². The van der Waals surface area contributed by atoms with Gasteiger partial charge in [-0.25, -0.2) is 4.39 Å². The fourth-order valence-corrected chi connectivity index (χ4v) is 2.39. The summed E-state index contributed by atoms with van der Waals surface area (Å²) in [5.41, 5.74) is 2.22. The summed E-state index contributed by atoms with van der Waals surface area (Å²) in [5.74, 6) is 5.02. The second kappa shape index (κ2) is 6.96. The molecule has 0 spiro atoms. The van der Waals surface area contributed by atoms with Crippen molar-refractivity contribution in [1.82, 2.24) is 4.98 Å². The van der Waals surface area contributed by atoms with E-state index in [9.17, 15) is 9.18 Å². The summed E-state index contributed by atoms with van der Waals surface area (Å²) in [5, 5.41) is 7.20. The maximum Gasteiger partial charge on any atom is 0.258 e. The Balaban J connectivity index is 1.97. The average Bonchev–Trinajstić information content (AvgIpc) is 2.63. The van der Waals surface area contributed by atoms with Gasteiger partial charge in [-0.05, 0) is 48.5 Å². The molecule has 0 fully saturated rings. The predicted octanol–water partition coefficient (Wildman–Crippen LogP) is 2.77. The Morgan fingerprint density at radius 1 is 1.20 bits per heavy atom. The highest BCUT2D eigenvalue weighted by Crippen LogP contribution is 2.16. The molecule has 0 radical (unpaired) electrons. The molecular formula is C18H16FN5O. The number of H-pyrrole nitrogens is 1. The highest BCUT2D eigenvalue weighted by Gasteiger charge is 2.09. The van der Waals surface area contributed by atoms with E-state index in [-0.39, 0.29) is 16.8 Å². The van der Waals surface area contributed by atoms with Crippen molar-refractivity contribution >= 4 is 34.2 Å². The van der Waals surface area contributed by atoms with Crippen molar-refractivity contribution < 1.29 is 4.39 Å². The number of halogens is 1. The van der Waals surface area contributed by atoms with Gasteiger partial charge in [-0.15, -0.1) is 0 Å². The van der Waals surface area contributed by atoms with Crippen LogP contribution in [0.4, 0.5) is 15.8 Å². The molecule has 3 aromatic rings. The lowest BCUT2D eigenvalue weighted by Gasteiger charge is -2.03. The monoisotopic (exact) mass is 337 g/mol. The third kappa shape index (κ3) is 3.55. The number of nitrogens with two attached hydrogens (primary N) is 1. The second-order valence-electron chi connectivity index (χ2n) is 5.31. The largest absolute Gasteiger partial charge is 0.388 e. The molecule has 0 saturated heterocycles. The van der Waals surface area contributed by atoms with E-state index in [1.807, 2.05) is 31.3 Å². The van der Waals surface area contributed by atoms with Gasteiger partial charge in [0.15, 0.2) is 0 Å². The van der Waals surface area contributed by atoms with Gasteiger partial charge < -0.3 is 16.1 Å². The highest BCUT2D eigenvalue weighted by atomic mass is 19.1. The van der Waals surface area contributed by atoms with Crippen LogP contribution in [0.25, 0.3) is 10.9 Å². The standard InChI is InChI=1S/C18H16FN5O/c1-21-13-3-5-14(6-4-13)22-10-17(24-20)15-9-11-8-12(19)2-7-16(11)23-18(15)25/h2-10,21H,20H2,1H3,(H,23,25). The van der Waals surface area contributed by atoms with Crippen LogP contribution < -0.4 is 16.7 Å². The average molecular weight is 337 g/mol. The normalized spacial score (nSPS) is 12.0. The lowest BCUT2D eigenvalue weighted by atomic mass is 10.1. The van der Waals surface area contributed by atoms with Crippen molar-refractivity contribution in [3.8, 4) is 0 Å². The van der Waals surface area contributed by atoms with E-state index in [2.05, 4.69) is 20.4 Å². The minimum absolute atomic E-state index is 0.199. The number of pyridine rings is 1. The predicted molar refractivity (Wildman–Crippen MR) is 99.4 cm³/mol. The molecule has 0 unspecified atom stereocenters. The smallest absolute Gasteiger partial charge is 0.258 e. The molecule has 25 heavy (non-hydrogen) atoms. The van der Waals surface area contributed by atoms with Crippen molar-refractivity contribution in [2.45, 2.75) is 0 Å². The zero-order valence-corrected chi connectivity index (χ0v) is 13.5. The molecule has 1 aromatic heterocycles. The molecule has 0 bridgehead atoms. The molecule has 2 aromatic carbocycles. The van der Waals surface area contributed by atoms with Gasteiger partial charge in [0, 0.05) is 23.6 Å². The maximum absolute atomic E-state index is 13.4. The van der Waals surface area contributed by atoms with Crippen LogP contribution in [-0.4, -0.2) is 24.0 Å². The Labute approximate surface area is 142 Å². The van der Waals surface area contributed by atoms with E-state index >= 15 is 0 Å². The molecule has 4 N–H and O–H groups in total. The molecule has 0 aliphatic carbocycles. The zero-order chi connectivity index (χ0) is 17.8. The number of aromatic nitrogens is 1. The van der Waals surface area contributed by atoms with Crippen LogP contribution in [0.1, 0.15) is 5.56 Å². The number of fused-ring (bicyclic) bond motifs is 1. The fraction of sp³-hybridized carbons (Fsp3) is 0.0556. The van der Waals surface area contributed by atoms with Crippen LogP contribution in [0.5, 0.6) is 0 Å². The van der Waals surface area contributed by atoms with Crippen molar-refractivity contribution in [3.05, 3.63) is 70.3 Å². The van der Waals surface area contributed by atoms with E-state index in [1.165, 1.54) is 24.4 Å². The number of nitrogens with one attached hydrogen (secondary N) is 2. The van der Waals surface area contributed by atoms with E-state index < -0.39 is 5.82 Å². The number of anilines is 1. The minimum atomic E-state index is -0.393. The molecule has 6 nitrogen and oxygen atoms in total. The summed E-state index contributed by atoms with van der Waals surface area (Å²) >= 11 is 0. The number of rotatable bonds is 4. The minimum Gasteiger partial charge on any atom is -0.388 e. The van der Waals surface area contributed by atoms with E-state index in [1.54, 1.807) is 6.07 Å². The first-order valence-electron chi connectivity index (χ1n) is 7.53. The summed E-state index contributed by atoms with van der Waals surface area (Å²) in [6.07, 6.45) is 1.41. The zero-order valence-electron chi connectivity index (χ0n) is 13.5. The van der Waals surface area contributed by atoms with Crippen LogP contribution in [0, 0.1) is 5.82 Å². The van der Waals surface area contributed by atoms with Gasteiger partial charge >= 0.3 is 0 Å². The maximum atomic E-state index is 13.4. The number of nitrogens with zero attached hydrogens (tertiary/aromatic N) is 2. The van der Waals surface area contributed by atoms with Crippen LogP contribution in [0.3, 0.4) is 0 Å². The number of aromatic amines is 1. The second-order valence-corrected chi connectivity index (χ2v) is 5.31. The quantitative estimate of drug-likeness (QED) is 0.388. The van der Waals surface area contributed by atoms with Crippen molar-refractivity contribution in [3.63, 3.8) is 0 Å². The van der Waals surface area contributed by atoms with Crippen LogP contribution in [0.15, 0.2) is 63.4 Å². The Bertz CT molecular complexity index is 1020. The van der Waals surface area contributed by atoms with E-state index in [0.29, 0.717) is 16.6 Å². The van der Waals surface area contributed by atoms with Gasteiger partial charge in [0.1, 0.15) is 11.5 Å². The summed E-state index contributed by atoms with van der Waals surface area (Å²) in [6, 6.07) is 13.0. The van der Waals surface area contributed by atoms with Gasteiger partial charge in [0.2, 0.25) is 0 Å². The van der Waals surface area contributed by atoms with E-state index in [0.717, 1.165) is 5.69 Å². The van der Waals surface area contributed by atoms with Crippen LogP contribution in [0.2, 0.25) is 0 Å². The summed E-state index contributed by atoms with van der Waals surface area (Å²) in [7, 11) is 1.83. The number of hydrogen-bond acceptors (Lipinski definition) is 5. The van der Waals surface area contributed by atoms with Crippen molar-refractivity contribution in [2.24, 2.45) is 15.9 Å². The first kappa shape index (κ1) is 16.4. The summed E-state index contributed by atoms with van der Waals surface area (Å²) in [6.45, 7) is 0. The summed E-state index contributed by atoms with van der Waals surface area (Å²) in [4.78, 5) is 19.2. The van der Waals surface area contributed by atoms with Crippen LogP contribution in [-0.2, 0) is 0 Å². The Kier molecular flexibility index (Phi) is 4.56. The SMILES string of the molecule is CNc1ccc(N=CC(=NN)c2cc3cc(F)ccc3[nH]c2=O)cc1. The van der Waals surface area contributed by atoms with Gasteiger partial charge in [0.25, 0.3) is 5.56 Å². The molecule has 3 rings (SSSR count). The fourth-order valence-electron chi connectivity index (χ4n) is 2.39. The summed E-state index contributed by atoms with van der Waals surface area (Å²) < 4.78 is 13.4. The van der Waals surface area contributed by atoms with Crippen molar-refractivity contribution in [2.75, 3.05) is 12.4 Å². The molecule has 126 valence electrons. The molecule has 1 heterocycles. The molecule has 0 aliphatic heterocycles. The Morgan fingerprint density at radius 2 is 1.96 bits per heavy atom. The lowest BCUT2D eigenvalue weighted by molar-refractivity contribution is 0.629. The van der Waals surface area contributed by atoms with Crippen molar-refractivity contribution in [1.29, 1.82) is 0 Å². The number of hydrazone groups is 1. The van der Waals surface area contributed by atoms with Gasteiger partial charge in [-0.2, -0.15) is 5.10 Å². The Morgan fingerprint density at radius 3 is 2.64 bits per heavy atom. The van der Waals surface area contributed by atoms with Crippen LogP contribution >= 0.6 is 0 Å². The highest BCUT2D eigenvalue weighted by molar-refractivity contribution is 6.38. The number of benzene rings is 2. The topological polar surface area (TPSA) is 95.6 Å². The third-order valence-electron chi connectivity index (χ3n) is 3.71. The first-order valence-corrected chi connectivity index (χ1v) is 7.53. The molecule has 0 amide bonds. The number of hydrogen-bond donors (Lipinski definition) is 3. The molecule has 0 aliphatic rings. The first-order chi connectivity index (χ1) is 12.1. The molecular weight excluding hydrogens is 321 g/mol. The van der Waals surface area contributed by atoms with Gasteiger partial charge in [-0.3, -0.25) is 9.79 Å². The van der Waals surface area contributed by atoms with Gasteiger partial charge in [0.05, 0.1) is 17.5 Å². The molecule has 0 atom stereocenters. The third-order valence-corrected chi connectivity index (χ3v) is 3.71. The lowest BCUT2D eigenvalue weighted by Crippen LogP contribution is -2.20. The Hall–Kier alpha value is -3.48. The van der Waals surface area contributed by atoms with Gasteiger partial charge in [-0.1, -0.05) is 0 Å². The molecule has 7 heteroatoms.